The van der Waals surface area contributed by atoms with Crippen molar-refractivity contribution in [2.24, 2.45) is 5.10 Å². The summed E-state index contributed by atoms with van der Waals surface area (Å²) in [5, 5.41) is 11.5. The average molecular weight is 489 g/mol. The Morgan fingerprint density at radius 2 is 1.72 bits per heavy atom. The van der Waals surface area contributed by atoms with E-state index < -0.39 is 0 Å². The molecule has 0 saturated carbocycles. The summed E-state index contributed by atoms with van der Waals surface area (Å²) in [6.07, 6.45) is 2.03. The molecule has 0 radical (unpaired) electrons. The van der Waals surface area contributed by atoms with E-state index in [9.17, 15) is 14.4 Å². The Kier molecular flexibility index (Phi) is 8.12. The summed E-state index contributed by atoms with van der Waals surface area (Å²) in [5.74, 6) is 0.0800. The van der Waals surface area contributed by atoms with Crippen LogP contribution in [0.3, 0.4) is 0 Å². The minimum Gasteiger partial charge on any atom is -0.497 e. The lowest BCUT2D eigenvalue weighted by molar-refractivity contribution is -0.135. The van der Waals surface area contributed by atoms with E-state index in [4.69, 9.17) is 9.15 Å². The highest BCUT2D eigenvalue weighted by Gasteiger charge is 2.33. The molecule has 2 heterocycles. The van der Waals surface area contributed by atoms with Crippen LogP contribution < -0.4 is 15.4 Å². The number of hydrazone groups is 1. The minimum atomic E-state index is -0.352. The number of hydrogen-bond donors (Lipinski definition) is 2. The molecule has 36 heavy (non-hydrogen) atoms. The van der Waals surface area contributed by atoms with Crippen molar-refractivity contribution in [1.29, 1.82) is 0 Å². The third kappa shape index (κ3) is 6.18. The highest BCUT2D eigenvalue weighted by molar-refractivity contribution is 6.03. The Hall–Kier alpha value is -4.40. The van der Waals surface area contributed by atoms with Crippen LogP contribution in [-0.4, -0.2) is 48.6 Å². The molecule has 1 aromatic heterocycles. The fourth-order valence-electron chi connectivity index (χ4n) is 3.93. The van der Waals surface area contributed by atoms with E-state index in [1.807, 2.05) is 54.6 Å². The quantitative estimate of drug-likeness (QED) is 0.425. The van der Waals surface area contributed by atoms with E-state index >= 15 is 0 Å². The number of furan rings is 1. The molecule has 0 spiro atoms. The third-order valence-corrected chi connectivity index (χ3v) is 5.82. The van der Waals surface area contributed by atoms with Gasteiger partial charge < -0.3 is 19.8 Å². The van der Waals surface area contributed by atoms with Crippen LogP contribution in [0.2, 0.25) is 0 Å². The maximum Gasteiger partial charge on any atom is 0.287 e. The van der Waals surface area contributed by atoms with Crippen LogP contribution in [-0.2, 0) is 9.59 Å². The molecule has 1 aliphatic rings. The second-order valence-corrected chi connectivity index (χ2v) is 8.23. The summed E-state index contributed by atoms with van der Waals surface area (Å²) in [5.41, 5.74) is 2.72. The van der Waals surface area contributed by atoms with Gasteiger partial charge in [-0.1, -0.05) is 42.5 Å². The predicted molar refractivity (Wildman–Crippen MR) is 133 cm³/mol. The summed E-state index contributed by atoms with van der Waals surface area (Å²) in [7, 11) is 1.61. The Labute approximate surface area is 209 Å². The van der Waals surface area contributed by atoms with Gasteiger partial charge in [0.15, 0.2) is 5.76 Å². The average Bonchev–Trinajstić information content (AvgIpc) is 3.61. The standard InChI is InChI=1S/C27H28N4O5/c1-35-21-11-9-20(10-12-21)23-18-22(19-6-3-2-4-7-19)30-31(23)26(33)14-13-25(32)28-15-16-29-27(34)24-8-5-17-36-24/h2-12,17,23H,13-16,18H2,1H3,(H,28,32)(H,29,34)/t23-/m0/s1. The van der Waals surface area contributed by atoms with Gasteiger partial charge in [-0.05, 0) is 35.4 Å². The molecular formula is C27H28N4O5. The molecule has 9 heteroatoms. The molecule has 2 aromatic carbocycles. The van der Waals surface area contributed by atoms with Crippen molar-refractivity contribution in [3.8, 4) is 5.75 Å². The van der Waals surface area contributed by atoms with E-state index in [2.05, 4.69) is 15.7 Å². The number of nitrogens with zero attached hydrogens (tertiary/aromatic N) is 2. The van der Waals surface area contributed by atoms with Crippen molar-refractivity contribution in [2.45, 2.75) is 25.3 Å². The van der Waals surface area contributed by atoms with Crippen molar-refractivity contribution in [3.63, 3.8) is 0 Å². The van der Waals surface area contributed by atoms with Crippen LogP contribution in [0.25, 0.3) is 0 Å². The summed E-state index contributed by atoms with van der Waals surface area (Å²) in [6, 6.07) is 20.2. The zero-order valence-corrected chi connectivity index (χ0v) is 20.0. The summed E-state index contributed by atoms with van der Waals surface area (Å²) >= 11 is 0. The molecule has 0 bridgehead atoms. The van der Waals surface area contributed by atoms with Gasteiger partial charge in [0, 0.05) is 32.4 Å². The van der Waals surface area contributed by atoms with Gasteiger partial charge in [-0.2, -0.15) is 5.10 Å². The highest BCUT2D eigenvalue weighted by Crippen LogP contribution is 2.34. The Balaban J connectivity index is 1.33. The van der Waals surface area contributed by atoms with Crippen LogP contribution in [0.15, 0.2) is 82.5 Å². The predicted octanol–water partition coefficient (Wildman–Crippen LogP) is 3.29. The molecule has 9 nitrogen and oxygen atoms in total. The van der Waals surface area contributed by atoms with Crippen molar-refractivity contribution in [1.82, 2.24) is 15.6 Å². The number of ether oxygens (including phenoxy) is 1. The lowest BCUT2D eigenvalue weighted by atomic mass is 9.98. The molecule has 1 atom stereocenters. The van der Waals surface area contributed by atoms with Gasteiger partial charge in [-0.15, -0.1) is 0 Å². The first-order valence-electron chi connectivity index (χ1n) is 11.7. The first kappa shape index (κ1) is 24.7. The monoisotopic (exact) mass is 488 g/mol. The van der Waals surface area contributed by atoms with E-state index in [1.165, 1.54) is 11.3 Å². The van der Waals surface area contributed by atoms with Gasteiger partial charge in [0.25, 0.3) is 5.91 Å². The van der Waals surface area contributed by atoms with Gasteiger partial charge in [0.2, 0.25) is 11.8 Å². The zero-order valence-electron chi connectivity index (χ0n) is 20.0. The summed E-state index contributed by atoms with van der Waals surface area (Å²) in [4.78, 5) is 37.2. The second kappa shape index (κ2) is 11.8. The lowest BCUT2D eigenvalue weighted by Crippen LogP contribution is -2.35. The number of methoxy groups -OCH3 is 1. The molecule has 4 rings (SSSR count). The first-order chi connectivity index (χ1) is 17.5. The van der Waals surface area contributed by atoms with Gasteiger partial charge in [-0.25, -0.2) is 5.01 Å². The Morgan fingerprint density at radius 3 is 2.42 bits per heavy atom. The molecule has 0 saturated heterocycles. The topological polar surface area (TPSA) is 113 Å². The number of carbonyl (C=O) groups is 3. The van der Waals surface area contributed by atoms with E-state index in [-0.39, 0.29) is 55.5 Å². The van der Waals surface area contributed by atoms with Crippen molar-refractivity contribution in [2.75, 3.05) is 20.2 Å². The maximum atomic E-state index is 13.1. The summed E-state index contributed by atoms with van der Waals surface area (Å²) < 4.78 is 10.3. The molecule has 0 unspecified atom stereocenters. The normalized spacial score (nSPS) is 14.8. The molecule has 3 aromatic rings. The van der Waals surface area contributed by atoms with Crippen LogP contribution in [0, 0.1) is 0 Å². The van der Waals surface area contributed by atoms with Crippen molar-refractivity contribution in [3.05, 3.63) is 89.9 Å². The van der Waals surface area contributed by atoms with Crippen molar-refractivity contribution >= 4 is 23.4 Å². The molecule has 2 N–H and O–H groups in total. The SMILES string of the molecule is COc1ccc([C@@H]2CC(c3ccccc3)=NN2C(=O)CCC(=O)NCCNC(=O)c2ccco2)cc1. The lowest BCUT2D eigenvalue weighted by Gasteiger charge is -2.22. The fourth-order valence-corrected chi connectivity index (χ4v) is 3.93. The Morgan fingerprint density at radius 1 is 0.972 bits per heavy atom. The number of hydrogen-bond acceptors (Lipinski definition) is 6. The number of rotatable bonds is 10. The largest absolute Gasteiger partial charge is 0.497 e. The van der Waals surface area contributed by atoms with E-state index in [0.29, 0.717) is 6.42 Å². The molecule has 3 amide bonds. The van der Waals surface area contributed by atoms with Gasteiger partial charge in [0.05, 0.1) is 25.1 Å². The molecule has 186 valence electrons. The first-order valence-corrected chi connectivity index (χ1v) is 11.7. The number of carbonyl (C=O) groups excluding carboxylic acids is 3. The number of benzene rings is 2. The van der Waals surface area contributed by atoms with Crippen LogP contribution in [0.5, 0.6) is 5.75 Å². The zero-order chi connectivity index (χ0) is 25.3. The summed E-state index contributed by atoms with van der Waals surface area (Å²) in [6.45, 7) is 0.490. The van der Waals surface area contributed by atoms with Gasteiger partial charge in [0.1, 0.15) is 5.75 Å². The van der Waals surface area contributed by atoms with Crippen molar-refractivity contribution < 1.29 is 23.5 Å². The Bertz CT molecular complexity index is 1210. The van der Waals surface area contributed by atoms with Crippen LogP contribution in [0.1, 0.15) is 47.0 Å². The molecule has 0 aliphatic carbocycles. The number of nitrogens with one attached hydrogen (secondary N) is 2. The molecule has 1 aliphatic heterocycles. The smallest absolute Gasteiger partial charge is 0.287 e. The van der Waals surface area contributed by atoms with Gasteiger partial charge in [-0.3, -0.25) is 14.4 Å². The van der Waals surface area contributed by atoms with Gasteiger partial charge >= 0.3 is 0 Å². The van der Waals surface area contributed by atoms with Crippen LogP contribution >= 0.6 is 0 Å². The molecule has 0 fully saturated rings. The highest BCUT2D eigenvalue weighted by atomic mass is 16.5. The number of amides is 3. The molecular weight excluding hydrogens is 460 g/mol. The maximum absolute atomic E-state index is 13.1. The fraction of sp³-hybridized carbons (Fsp3) is 0.259. The third-order valence-electron chi connectivity index (χ3n) is 5.82. The minimum absolute atomic E-state index is 0.0167. The van der Waals surface area contributed by atoms with Crippen LogP contribution in [0.4, 0.5) is 0 Å². The van der Waals surface area contributed by atoms with E-state index in [0.717, 1.165) is 22.6 Å². The second-order valence-electron chi connectivity index (χ2n) is 8.23. The van der Waals surface area contributed by atoms with E-state index in [1.54, 1.807) is 19.2 Å².